The predicted octanol–water partition coefficient (Wildman–Crippen LogP) is 4.83. The third-order valence-corrected chi connectivity index (χ3v) is 5.98. The van der Waals surface area contributed by atoms with Crippen LogP contribution in [0.2, 0.25) is 5.02 Å². The summed E-state index contributed by atoms with van der Waals surface area (Å²) in [4.78, 5) is 34.9. The summed E-state index contributed by atoms with van der Waals surface area (Å²) in [6.07, 6.45) is 3.00. The van der Waals surface area contributed by atoms with Gasteiger partial charge in [-0.05, 0) is 48.4 Å². The molecule has 0 amide bonds. The normalized spacial score (nSPS) is 11.0. The number of hydrogen-bond donors (Lipinski definition) is 1. The summed E-state index contributed by atoms with van der Waals surface area (Å²) in [6.45, 7) is 1.46. The highest BCUT2D eigenvalue weighted by Gasteiger charge is 2.24. The van der Waals surface area contributed by atoms with Crippen LogP contribution in [0.15, 0.2) is 76.6 Å². The van der Waals surface area contributed by atoms with Gasteiger partial charge in [0, 0.05) is 17.1 Å². The molecule has 5 rings (SSSR count). The van der Waals surface area contributed by atoms with Gasteiger partial charge < -0.3 is 4.98 Å². The van der Waals surface area contributed by atoms with Gasteiger partial charge in [0.05, 0.1) is 39.9 Å². The Hall–Kier alpha value is -4.48. The van der Waals surface area contributed by atoms with Crippen LogP contribution in [-0.2, 0) is 6.54 Å². The first-order chi connectivity index (χ1) is 16.9. The quantitative estimate of drug-likeness (QED) is 0.394. The van der Waals surface area contributed by atoms with E-state index in [0.717, 1.165) is 27.1 Å². The second kappa shape index (κ2) is 8.70. The first kappa shape index (κ1) is 22.3. The van der Waals surface area contributed by atoms with Crippen LogP contribution in [-0.4, -0.2) is 19.1 Å². The van der Waals surface area contributed by atoms with Crippen LogP contribution in [0.4, 0.5) is 4.39 Å². The Balaban J connectivity index is 1.96. The third-order valence-electron chi connectivity index (χ3n) is 5.69. The Kier molecular flexibility index (Phi) is 5.55. The van der Waals surface area contributed by atoms with E-state index in [1.165, 1.54) is 22.9 Å². The van der Waals surface area contributed by atoms with Gasteiger partial charge >= 0.3 is 5.69 Å². The molecule has 5 aromatic rings. The average molecular weight is 486 g/mol. The van der Waals surface area contributed by atoms with Gasteiger partial charge in [-0.25, -0.2) is 13.8 Å². The number of halogens is 2. The molecule has 1 N–H and O–H groups in total. The minimum atomic E-state index is -0.699. The van der Waals surface area contributed by atoms with Gasteiger partial charge in [-0.3, -0.25) is 14.3 Å². The van der Waals surface area contributed by atoms with E-state index in [4.69, 9.17) is 11.6 Å². The van der Waals surface area contributed by atoms with Crippen LogP contribution in [0.25, 0.3) is 39.1 Å². The topological polar surface area (TPSA) is 96.5 Å². The van der Waals surface area contributed by atoms with Crippen molar-refractivity contribution in [1.82, 2.24) is 19.1 Å². The van der Waals surface area contributed by atoms with Crippen molar-refractivity contribution in [3.8, 4) is 34.3 Å². The number of nitrogens with one attached hydrogen (secondary N) is 1. The van der Waals surface area contributed by atoms with Crippen LogP contribution in [0.5, 0.6) is 0 Å². The molecule has 0 saturated heterocycles. The van der Waals surface area contributed by atoms with Crippen LogP contribution >= 0.6 is 11.6 Å². The number of aromatic nitrogens is 4. The number of nitrogens with zero attached hydrogens (tertiary/aromatic N) is 4. The Morgan fingerprint density at radius 1 is 1.11 bits per heavy atom. The van der Waals surface area contributed by atoms with E-state index in [0.29, 0.717) is 11.3 Å². The Morgan fingerprint density at radius 3 is 2.63 bits per heavy atom. The molecule has 0 fully saturated rings. The van der Waals surface area contributed by atoms with Crippen LogP contribution in [0.1, 0.15) is 5.56 Å². The van der Waals surface area contributed by atoms with Crippen LogP contribution in [0.3, 0.4) is 0 Å². The molecule has 9 heteroatoms. The van der Waals surface area contributed by atoms with Crippen LogP contribution in [0, 0.1) is 24.1 Å². The molecule has 0 unspecified atom stereocenters. The lowest BCUT2D eigenvalue weighted by Crippen LogP contribution is -2.40. The third kappa shape index (κ3) is 3.82. The zero-order chi connectivity index (χ0) is 24.7. The number of fused-ring (bicyclic) bond motifs is 1. The van der Waals surface area contributed by atoms with E-state index in [-0.39, 0.29) is 28.5 Å². The van der Waals surface area contributed by atoms with E-state index in [1.54, 1.807) is 25.3 Å². The molecular formula is C26H17ClFN5O2. The molecule has 3 aromatic heterocycles. The van der Waals surface area contributed by atoms with E-state index in [1.807, 2.05) is 30.3 Å². The minimum absolute atomic E-state index is 0.0924. The van der Waals surface area contributed by atoms with Crippen molar-refractivity contribution in [2.24, 2.45) is 0 Å². The number of benzene rings is 2. The summed E-state index contributed by atoms with van der Waals surface area (Å²) in [5.41, 5.74) is 1.50. The molecule has 3 heterocycles. The number of aryl methyl sites for hydroxylation is 1. The summed E-state index contributed by atoms with van der Waals surface area (Å²) in [5, 5.41) is 10.3. The molecule has 0 aliphatic carbocycles. The molecule has 35 heavy (non-hydrogen) atoms. The van der Waals surface area contributed by atoms with E-state index in [2.05, 4.69) is 9.97 Å². The average Bonchev–Trinajstić information content (AvgIpc) is 3.26. The fourth-order valence-corrected chi connectivity index (χ4v) is 4.33. The fourth-order valence-electron chi connectivity index (χ4n) is 4.15. The number of nitriles is 1. The van der Waals surface area contributed by atoms with Gasteiger partial charge in [-0.15, -0.1) is 0 Å². The highest BCUT2D eigenvalue weighted by Crippen LogP contribution is 2.32. The van der Waals surface area contributed by atoms with Crippen molar-refractivity contribution < 1.29 is 4.39 Å². The van der Waals surface area contributed by atoms with Gasteiger partial charge in [0.15, 0.2) is 0 Å². The summed E-state index contributed by atoms with van der Waals surface area (Å²) in [7, 11) is 0. The minimum Gasteiger partial charge on any atom is -0.353 e. The van der Waals surface area contributed by atoms with E-state index >= 15 is 0 Å². The molecule has 0 aliphatic rings. The predicted molar refractivity (Wildman–Crippen MR) is 132 cm³/mol. The summed E-state index contributed by atoms with van der Waals surface area (Å²) < 4.78 is 16.2. The summed E-state index contributed by atoms with van der Waals surface area (Å²) >= 11 is 6.07. The van der Waals surface area contributed by atoms with Gasteiger partial charge in [0.25, 0.3) is 5.56 Å². The smallest absolute Gasteiger partial charge is 0.337 e. The molecule has 172 valence electrons. The van der Waals surface area contributed by atoms with Gasteiger partial charge in [-0.2, -0.15) is 5.26 Å². The highest BCUT2D eigenvalue weighted by atomic mass is 35.5. The standard InChI is InChI=1S/C26H17ClFN5O2/c1-15-10-18(14-30-13-15)33-25(34)23(17-6-7-20(28)19(27)11-17)24(32(9-8-29)26(33)35)22-12-16-4-2-3-5-21(16)31-22/h2-7,10-14,31H,9H2,1H3. The fraction of sp³-hybridized carbons (Fsp3) is 0.0769. The number of hydrogen-bond acceptors (Lipinski definition) is 4. The maximum atomic E-state index is 14.0. The Morgan fingerprint density at radius 2 is 1.91 bits per heavy atom. The molecule has 0 atom stereocenters. The lowest BCUT2D eigenvalue weighted by atomic mass is 10.0. The zero-order valence-electron chi connectivity index (χ0n) is 18.4. The Bertz CT molecular complexity index is 1740. The number of H-pyrrole nitrogens is 1. The van der Waals surface area contributed by atoms with Crippen LogP contribution < -0.4 is 11.2 Å². The number of aromatic amines is 1. The van der Waals surface area contributed by atoms with Crippen molar-refractivity contribution in [2.75, 3.05) is 0 Å². The lowest BCUT2D eigenvalue weighted by Gasteiger charge is -2.18. The van der Waals surface area contributed by atoms with E-state index < -0.39 is 17.1 Å². The molecule has 0 bridgehead atoms. The molecule has 0 radical (unpaired) electrons. The summed E-state index contributed by atoms with van der Waals surface area (Å²) in [6, 6.07) is 16.8. The van der Waals surface area contributed by atoms with Gasteiger partial charge in [-0.1, -0.05) is 35.9 Å². The second-order valence-electron chi connectivity index (χ2n) is 8.01. The maximum Gasteiger partial charge on any atom is 0.337 e. The van der Waals surface area contributed by atoms with Crippen molar-refractivity contribution >= 4 is 22.5 Å². The first-order valence-electron chi connectivity index (χ1n) is 10.6. The van der Waals surface area contributed by atoms with Crippen molar-refractivity contribution in [3.05, 3.63) is 104 Å². The number of rotatable bonds is 4. The first-order valence-corrected chi connectivity index (χ1v) is 11.0. The molecule has 0 spiro atoms. The van der Waals surface area contributed by atoms with Gasteiger partial charge in [0.2, 0.25) is 0 Å². The monoisotopic (exact) mass is 485 g/mol. The Labute approximate surface area is 203 Å². The van der Waals surface area contributed by atoms with Crippen molar-refractivity contribution in [3.63, 3.8) is 0 Å². The molecule has 2 aromatic carbocycles. The van der Waals surface area contributed by atoms with Crippen molar-refractivity contribution in [2.45, 2.75) is 13.5 Å². The maximum absolute atomic E-state index is 14.0. The second-order valence-corrected chi connectivity index (χ2v) is 8.42. The summed E-state index contributed by atoms with van der Waals surface area (Å²) in [5.74, 6) is -0.642. The van der Waals surface area contributed by atoms with E-state index in [9.17, 15) is 19.2 Å². The van der Waals surface area contributed by atoms with Crippen molar-refractivity contribution in [1.29, 1.82) is 5.26 Å². The highest BCUT2D eigenvalue weighted by molar-refractivity contribution is 6.31. The van der Waals surface area contributed by atoms with Gasteiger partial charge in [0.1, 0.15) is 12.4 Å². The molecule has 0 aliphatic heterocycles. The zero-order valence-corrected chi connectivity index (χ0v) is 19.2. The number of para-hydroxylation sites is 1. The SMILES string of the molecule is Cc1cncc(-n2c(=O)c(-c3ccc(F)c(Cl)c3)c(-c3cc4ccccc4[nH]3)n(CC#N)c2=O)c1. The lowest BCUT2D eigenvalue weighted by molar-refractivity contribution is 0.628. The molecule has 0 saturated carbocycles. The number of pyridine rings is 1. The molecular weight excluding hydrogens is 469 g/mol. The molecule has 7 nitrogen and oxygen atoms in total. The largest absolute Gasteiger partial charge is 0.353 e.